The van der Waals surface area contributed by atoms with Crippen molar-refractivity contribution in [1.29, 1.82) is 0 Å². The smallest absolute Gasteiger partial charge is 0.341 e. The third-order valence-corrected chi connectivity index (χ3v) is 5.38. The molecule has 3 heterocycles. The number of carbonyl (C=O) groups is 1. The van der Waals surface area contributed by atoms with Crippen LogP contribution in [-0.4, -0.2) is 48.1 Å². The molecule has 0 amide bonds. The molecule has 3 atom stereocenters. The number of hydrogen-bond donors (Lipinski definition) is 2. The maximum atomic E-state index is 15.0. The van der Waals surface area contributed by atoms with Crippen molar-refractivity contribution in [3.8, 4) is 5.75 Å². The zero-order valence-corrected chi connectivity index (χ0v) is 14.6. The van der Waals surface area contributed by atoms with Crippen molar-refractivity contribution in [3.05, 3.63) is 33.9 Å². The third kappa shape index (κ3) is 2.56. The topological polar surface area (TPSA) is 97.8 Å². The van der Waals surface area contributed by atoms with Crippen molar-refractivity contribution in [2.24, 2.45) is 11.7 Å². The van der Waals surface area contributed by atoms with Gasteiger partial charge in [0.05, 0.1) is 23.6 Å². The van der Waals surface area contributed by atoms with Gasteiger partial charge in [0, 0.05) is 31.2 Å². The van der Waals surface area contributed by atoms with Gasteiger partial charge in [-0.3, -0.25) is 9.18 Å². The molecule has 9 heteroatoms. The van der Waals surface area contributed by atoms with Crippen molar-refractivity contribution in [3.63, 3.8) is 0 Å². The number of carboxylic acids is 1. The summed E-state index contributed by atoms with van der Waals surface area (Å²) in [4.78, 5) is 25.6. The fourth-order valence-electron chi connectivity index (χ4n) is 3.90. The highest BCUT2D eigenvalue weighted by molar-refractivity contribution is 5.97. The van der Waals surface area contributed by atoms with E-state index in [2.05, 4.69) is 0 Å². The zero-order chi connectivity index (χ0) is 19.5. The van der Waals surface area contributed by atoms with E-state index in [1.54, 1.807) is 9.47 Å². The standard InChI is InChI=1S/C18H19F2N3O4/c1-8-7-27-17-14-10(16(24)11(18(25)26)5-23(8)14)2-12(20)15(17)22-4-9(3-19)13(21)6-22/h2,5,8-9,13H,3-4,6-7,21H2,1H3,(H,25,26)/t8-,9-,13+/m0/s1. The number of carboxylic acid groups (broad SMARTS) is 1. The maximum absolute atomic E-state index is 15.0. The molecule has 1 aromatic carbocycles. The van der Waals surface area contributed by atoms with Crippen LogP contribution < -0.4 is 20.8 Å². The Morgan fingerprint density at radius 2 is 2.19 bits per heavy atom. The molecule has 1 saturated heterocycles. The molecule has 2 aromatic rings. The number of rotatable bonds is 3. The number of hydrogen-bond acceptors (Lipinski definition) is 5. The van der Waals surface area contributed by atoms with Crippen LogP contribution in [0, 0.1) is 11.7 Å². The number of alkyl halides is 1. The highest BCUT2D eigenvalue weighted by atomic mass is 19.1. The van der Waals surface area contributed by atoms with Gasteiger partial charge < -0.3 is 25.0 Å². The minimum atomic E-state index is -1.37. The second-order valence-corrected chi connectivity index (χ2v) is 7.16. The van der Waals surface area contributed by atoms with Crippen LogP contribution in [-0.2, 0) is 0 Å². The van der Waals surface area contributed by atoms with Crippen LogP contribution in [0.4, 0.5) is 14.5 Å². The molecule has 0 spiro atoms. The molecule has 3 N–H and O–H groups in total. The van der Waals surface area contributed by atoms with Gasteiger partial charge in [0.25, 0.3) is 0 Å². The average Bonchev–Trinajstić information content (AvgIpc) is 2.99. The number of aromatic nitrogens is 1. The summed E-state index contributed by atoms with van der Waals surface area (Å²) in [5.41, 5.74) is 5.24. The van der Waals surface area contributed by atoms with Gasteiger partial charge in [0.2, 0.25) is 5.43 Å². The number of ether oxygens (including phenoxy) is 1. The predicted molar refractivity (Wildman–Crippen MR) is 95.0 cm³/mol. The Kier molecular flexibility index (Phi) is 4.06. The van der Waals surface area contributed by atoms with Gasteiger partial charge in [-0.2, -0.15) is 0 Å². The lowest BCUT2D eigenvalue weighted by molar-refractivity contribution is 0.0694. The SMILES string of the molecule is C[C@H]1COc2c(N3C[C@H](CF)[C@H](N)C3)c(F)cc3c(=O)c(C(=O)O)cn1c23. The van der Waals surface area contributed by atoms with E-state index in [0.717, 1.165) is 6.07 Å². The number of benzene rings is 1. The maximum Gasteiger partial charge on any atom is 0.341 e. The van der Waals surface area contributed by atoms with Crippen LogP contribution in [0.3, 0.4) is 0 Å². The fourth-order valence-corrected chi connectivity index (χ4v) is 3.90. The van der Waals surface area contributed by atoms with Crippen molar-refractivity contribution < 1.29 is 23.4 Å². The van der Waals surface area contributed by atoms with Crippen molar-refractivity contribution >= 4 is 22.6 Å². The molecule has 144 valence electrons. The van der Waals surface area contributed by atoms with E-state index >= 15 is 0 Å². The van der Waals surface area contributed by atoms with E-state index in [-0.39, 0.29) is 42.6 Å². The minimum absolute atomic E-state index is 0.0526. The normalized spacial score (nSPS) is 24.3. The number of pyridine rings is 1. The van der Waals surface area contributed by atoms with Gasteiger partial charge in [-0.25, -0.2) is 9.18 Å². The first-order valence-electron chi connectivity index (χ1n) is 8.67. The van der Waals surface area contributed by atoms with E-state index in [4.69, 9.17) is 10.5 Å². The highest BCUT2D eigenvalue weighted by Gasteiger charge is 2.36. The zero-order valence-electron chi connectivity index (χ0n) is 14.6. The van der Waals surface area contributed by atoms with Crippen LogP contribution in [0.1, 0.15) is 23.3 Å². The quantitative estimate of drug-likeness (QED) is 0.839. The van der Waals surface area contributed by atoms with E-state index in [0.29, 0.717) is 5.52 Å². The van der Waals surface area contributed by atoms with E-state index in [1.807, 2.05) is 6.92 Å². The Labute approximate surface area is 152 Å². The van der Waals surface area contributed by atoms with Gasteiger partial charge >= 0.3 is 5.97 Å². The van der Waals surface area contributed by atoms with Gasteiger partial charge in [-0.05, 0) is 13.0 Å². The second kappa shape index (κ2) is 6.19. The molecule has 0 bridgehead atoms. The Balaban J connectivity index is 2.00. The van der Waals surface area contributed by atoms with Crippen LogP contribution in [0.15, 0.2) is 17.1 Å². The third-order valence-electron chi connectivity index (χ3n) is 5.38. The van der Waals surface area contributed by atoms with Crippen LogP contribution in [0.25, 0.3) is 10.9 Å². The molecule has 1 fully saturated rings. The van der Waals surface area contributed by atoms with Gasteiger partial charge in [-0.15, -0.1) is 0 Å². The minimum Gasteiger partial charge on any atom is -0.487 e. The molecule has 0 saturated carbocycles. The summed E-state index contributed by atoms with van der Waals surface area (Å²) < 4.78 is 35.5. The summed E-state index contributed by atoms with van der Waals surface area (Å²) in [7, 11) is 0. The molecule has 2 aliphatic rings. The predicted octanol–water partition coefficient (Wildman–Crippen LogP) is 1.53. The van der Waals surface area contributed by atoms with Gasteiger partial charge in [0.1, 0.15) is 17.9 Å². The summed E-state index contributed by atoms with van der Waals surface area (Å²) in [5.74, 6) is -2.33. The number of aromatic carboxylic acids is 1. The highest BCUT2D eigenvalue weighted by Crippen LogP contribution is 2.43. The molecule has 2 aliphatic heterocycles. The lowest BCUT2D eigenvalue weighted by Gasteiger charge is -2.31. The first-order chi connectivity index (χ1) is 12.8. The second-order valence-electron chi connectivity index (χ2n) is 7.16. The lowest BCUT2D eigenvalue weighted by atomic mass is 10.1. The first kappa shape index (κ1) is 17.7. The van der Waals surface area contributed by atoms with Crippen molar-refractivity contribution in [1.82, 2.24) is 4.57 Å². The molecule has 0 radical (unpaired) electrons. The summed E-state index contributed by atoms with van der Waals surface area (Å²) in [6.45, 7) is 1.90. The van der Waals surface area contributed by atoms with Crippen LogP contribution in [0.5, 0.6) is 5.75 Å². The number of nitrogens with two attached hydrogens (primary N) is 1. The fraction of sp³-hybridized carbons (Fsp3) is 0.444. The summed E-state index contributed by atoms with van der Waals surface area (Å²) in [6, 6.07) is 0.364. The molecular weight excluding hydrogens is 360 g/mol. The van der Waals surface area contributed by atoms with E-state index < -0.39 is 41.4 Å². The van der Waals surface area contributed by atoms with E-state index in [1.165, 1.54) is 6.20 Å². The molecule has 7 nitrogen and oxygen atoms in total. The lowest BCUT2D eigenvalue weighted by Crippen LogP contribution is -2.31. The number of halogens is 2. The van der Waals surface area contributed by atoms with Gasteiger partial charge in [-0.1, -0.05) is 0 Å². The molecular formula is C18H19F2N3O4. The monoisotopic (exact) mass is 379 g/mol. The first-order valence-corrected chi connectivity index (χ1v) is 8.67. The molecule has 0 aliphatic carbocycles. The molecule has 4 rings (SSSR count). The molecule has 27 heavy (non-hydrogen) atoms. The summed E-state index contributed by atoms with van der Waals surface area (Å²) in [5, 5.41) is 9.25. The number of nitrogens with zero attached hydrogens (tertiary/aromatic N) is 2. The average molecular weight is 379 g/mol. The van der Waals surface area contributed by atoms with E-state index in [9.17, 15) is 23.5 Å². The van der Waals surface area contributed by atoms with Crippen LogP contribution >= 0.6 is 0 Å². The van der Waals surface area contributed by atoms with Crippen molar-refractivity contribution in [2.45, 2.75) is 19.0 Å². The van der Waals surface area contributed by atoms with Crippen molar-refractivity contribution in [2.75, 3.05) is 31.3 Å². The van der Waals surface area contributed by atoms with Crippen LogP contribution in [0.2, 0.25) is 0 Å². The summed E-state index contributed by atoms with van der Waals surface area (Å²) in [6.07, 6.45) is 1.27. The Morgan fingerprint density at radius 1 is 1.44 bits per heavy atom. The Bertz CT molecular complexity index is 1010. The Morgan fingerprint density at radius 3 is 2.81 bits per heavy atom. The Hall–Kier alpha value is -2.68. The summed E-state index contributed by atoms with van der Waals surface area (Å²) >= 11 is 0. The number of anilines is 1. The van der Waals surface area contributed by atoms with Gasteiger partial charge in [0.15, 0.2) is 11.6 Å². The molecule has 1 aromatic heterocycles. The largest absolute Gasteiger partial charge is 0.487 e. The molecule has 0 unspecified atom stereocenters.